The van der Waals surface area contributed by atoms with Gasteiger partial charge in [0.1, 0.15) is 43.5 Å². The molecule has 7 atom stereocenters. The number of H-pyrrole nitrogens is 1. The highest BCUT2D eigenvalue weighted by Crippen LogP contribution is 2.41. The molecular weight excluding hydrogens is 568 g/mol. The number of hydrogen-bond acceptors (Lipinski definition) is 10. The number of aromatic nitrogens is 1. The van der Waals surface area contributed by atoms with Crippen LogP contribution in [0.2, 0.25) is 0 Å². The van der Waals surface area contributed by atoms with Gasteiger partial charge in [0.25, 0.3) is 0 Å². The Morgan fingerprint density at radius 3 is 2.57 bits per heavy atom. The summed E-state index contributed by atoms with van der Waals surface area (Å²) in [5.41, 5.74) is 4.45. The summed E-state index contributed by atoms with van der Waals surface area (Å²) in [5, 5.41) is 42.7. The van der Waals surface area contributed by atoms with Crippen molar-refractivity contribution in [3.8, 4) is 6.07 Å². The minimum atomic E-state index is -2.09. The zero-order valence-electron chi connectivity index (χ0n) is 25.6. The number of carbonyl (C=O) groups excluding carboxylic acids is 2. The Labute approximate surface area is 256 Å². The summed E-state index contributed by atoms with van der Waals surface area (Å²) < 4.78 is 17.2. The van der Waals surface area contributed by atoms with E-state index in [1.807, 2.05) is 26.0 Å². The molecule has 0 aliphatic carbocycles. The van der Waals surface area contributed by atoms with Crippen molar-refractivity contribution in [2.24, 2.45) is 22.1 Å². The SMILES string of the molecule is CC[C@H](C)C(O)N/C(=N/C=N)c1ccc([C@]2(C#N)O[C@H](COC(=O)Cc3ccccc3)[C@@H](OC(=O)[C@H](N)C(C)(C)C)[C@H]2O)[nH]1. The van der Waals surface area contributed by atoms with Crippen LogP contribution in [-0.4, -0.2) is 76.5 Å². The number of benzene rings is 1. The first-order valence-electron chi connectivity index (χ1n) is 14.4. The summed E-state index contributed by atoms with van der Waals surface area (Å²) in [6.45, 7) is 8.59. The molecule has 1 aliphatic rings. The molecule has 13 heteroatoms. The van der Waals surface area contributed by atoms with Crippen LogP contribution in [0.25, 0.3) is 0 Å². The van der Waals surface area contributed by atoms with E-state index in [0.717, 1.165) is 11.9 Å². The van der Waals surface area contributed by atoms with Crippen LogP contribution in [0.5, 0.6) is 0 Å². The van der Waals surface area contributed by atoms with Crippen LogP contribution in [0.1, 0.15) is 58.0 Å². The first kappa shape index (κ1) is 34.4. The lowest BCUT2D eigenvalue weighted by atomic mass is 9.87. The van der Waals surface area contributed by atoms with E-state index in [9.17, 15) is 25.1 Å². The monoisotopic (exact) mass is 610 g/mol. The maximum absolute atomic E-state index is 13.0. The lowest BCUT2D eigenvalue weighted by molar-refractivity contribution is -0.163. The highest BCUT2D eigenvalue weighted by atomic mass is 16.6. The zero-order valence-corrected chi connectivity index (χ0v) is 25.6. The van der Waals surface area contributed by atoms with E-state index in [4.69, 9.17) is 25.4 Å². The maximum Gasteiger partial charge on any atom is 0.323 e. The van der Waals surface area contributed by atoms with E-state index in [1.165, 1.54) is 12.1 Å². The van der Waals surface area contributed by atoms with Crippen molar-refractivity contribution in [1.29, 1.82) is 10.7 Å². The van der Waals surface area contributed by atoms with E-state index in [-0.39, 0.29) is 29.6 Å². The number of aliphatic hydroxyl groups excluding tert-OH is 2. The Balaban J connectivity index is 1.91. The molecule has 0 spiro atoms. The number of carbonyl (C=O) groups is 2. The second-order valence-electron chi connectivity index (χ2n) is 11.9. The van der Waals surface area contributed by atoms with Crippen LogP contribution in [-0.2, 0) is 35.8 Å². The molecule has 2 heterocycles. The third kappa shape index (κ3) is 7.89. The van der Waals surface area contributed by atoms with E-state index in [2.05, 4.69) is 15.3 Å². The van der Waals surface area contributed by atoms with E-state index < -0.39 is 60.1 Å². The average molecular weight is 611 g/mol. The number of nitrogens with zero attached hydrogens (tertiary/aromatic N) is 2. The van der Waals surface area contributed by atoms with Gasteiger partial charge in [-0.05, 0) is 29.5 Å². The van der Waals surface area contributed by atoms with Gasteiger partial charge in [-0.15, -0.1) is 0 Å². The second kappa shape index (κ2) is 14.6. The van der Waals surface area contributed by atoms with E-state index in [1.54, 1.807) is 45.0 Å². The van der Waals surface area contributed by atoms with Gasteiger partial charge in [-0.2, -0.15) is 5.26 Å². The molecule has 1 aliphatic heterocycles. The minimum Gasteiger partial charge on any atom is -0.463 e. The second-order valence-corrected chi connectivity index (χ2v) is 11.9. The molecule has 0 radical (unpaired) electrons. The van der Waals surface area contributed by atoms with Gasteiger partial charge in [-0.25, -0.2) is 4.99 Å². The van der Waals surface area contributed by atoms with Crippen LogP contribution in [0.4, 0.5) is 0 Å². The fraction of sp³-hybridized carbons (Fsp3) is 0.516. The number of hydrogen-bond donors (Lipinski definition) is 6. The summed E-state index contributed by atoms with van der Waals surface area (Å²) in [6.07, 6.45) is -3.91. The number of esters is 2. The molecule has 13 nitrogen and oxygen atoms in total. The van der Waals surface area contributed by atoms with Crippen molar-refractivity contribution in [3.05, 3.63) is 59.4 Å². The number of nitrogens with one attached hydrogen (secondary N) is 3. The number of ether oxygens (including phenoxy) is 3. The molecule has 2 aromatic rings. The van der Waals surface area contributed by atoms with Gasteiger partial charge in [-0.1, -0.05) is 65.0 Å². The summed E-state index contributed by atoms with van der Waals surface area (Å²) in [5.74, 6) is -1.42. The Morgan fingerprint density at radius 1 is 1.30 bits per heavy atom. The number of nitrogens with two attached hydrogens (primary N) is 1. The molecule has 1 unspecified atom stereocenters. The molecule has 3 rings (SSSR count). The van der Waals surface area contributed by atoms with Gasteiger partial charge in [-0.3, -0.25) is 15.0 Å². The van der Waals surface area contributed by atoms with Crippen molar-refractivity contribution in [1.82, 2.24) is 10.3 Å². The molecular formula is C31H42N6O7. The normalized spacial score (nSPS) is 24.1. The quantitative estimate of drug-likeness (QED) is 0.0887. The molecule has 0 bridgehead atoms. The number of aliphatic imine (C=N–C) groups is 1. The fourth-order valence-corrected chi connectivity index (χ4v) is 4.51. The first-order valence-corrected chi connectivity index (χ1v) is 14.4. The molecule has 1 saturated heterocycles. The average Bonchev–Trinajstić information content (AvgIpc) is 3.59. The predicted molar refractivity (Wildman–Crippen MR) is 161 cm³/mol. The molecule has 238 valence electrons. The van der Waals surface area contributed by atoms with E-state index >= 15 is 0 Å². The Bertz CT molecular complexity index is 1370. The van der Waals surface area contributed by atoms with Crippen LogP contribution in [0.3, 0.4) is 0 Å². The van der Waals surface area contributed by atoms with Gasteiger partial charge >= 0.3 is 11.9 Å². The van der Waals surface area contributed by atoms with Gasteiger partial charge in [0.2, 0.25) is 5.60 Å². The topological polar surface area (TPSA) is 216 Å². The fourth-order valence-electron chi connectivity index (χ4n) is 4.51. The Hall–Kier alpha value is -4.09. The van der Waals surface area contributed by atoms with Crippen LogP contribution >= 0.6 is 0 Å². The third-order valence-electron chi connectivity index (χ3n) is 7.64. The maximum atomic E-state index is 13.0. The van der Waals surface area contributed by atoms with Crippen molar-refractivity contribution in [2.45, 2.75) is 83.6 Å². The van der Waals surface area contributed by atoms with Crippen molar-refractivity contribution < 1.29 is 34.0 Å². The number of amidine groups is 1. The number of rotatable bonds is 12. The smallest absolute Gasteiger partial charge is 0.323 e. The van der Waals surface area contributed by atoms with Crippen LogP contribution in [0, 0.1) is 28.1 Å². The molecule has 7 N–H and O–H groups in total. The summed E-state index contributed by atoms with van der Waals surface area (Å²) in [6, 6.07) is 12.9. The van der Waals surface area contributed by atoms with Gasteiger partial charge in [0.05, 0.1) is 17.8 Å². The highest BCUT2D eigenvalue weighted by molar-refractivity contribution is 6.01. The van der Waals surface area contributed by atoms with Gasteiger partial charge in [0, 0.05) is 5.92 Å². The lowest BCUT2D eigenvalue weighted by Gasteiger charge is -2.28. The number of nitriles is 1. The third-order valence-corrected chi connectivity index (χ3v) is 7.64. The predicted octanol–water partition coefficient (Wildman–Crippen LogP) is 1.87. The standard InChI is InChI=1S/C31H42N6O7/c1-6-18(2)28(40)37-27(35-17-33)20-12-13-22(36-20)31(16-32)26(39)24(43-29(41)25(34)30(3,4)5)21(44-31)15-42-23(38)14-19-10-8-7-9-11-19/h7-13,17-18,21,24-26,28,36,39-40H,6,14-15,34H2,1-5H3,(H2,33,35,37)/t18-,21+,24+,25-,26+,28?,31-/m0/s1. The largest absolute Gasteiger partial charge is 0.463 e. The van der Waals surface area contributed by atoms with Gasteiger partial charge in [0.15, 0.2) is 11.9 Å². The lowest BCUT2D eigenvalue weighted by Crippen LogP contribution is -2.49. The minimum absolute atomic E-state index is 0.0243. The van der Waals surface area contributed by atoms with Gasteiger partial charge < -0.3 is 40.5 Å². The summed E-state index contributed by atoms with van der Waals surface area (Å²) >= 11 is 0. The number of aliphatic hydroxyl groups is 2. The van der Waals surface area contributed by atoms with E-state index in [0.29, 0.717) is 6.42 Å². The van der Waals surface area contributed by atoms with Crippen molar-refractivity contribution in [2.75, 3.05) is 6.61 Å². The summed E-state index contributed by atoms with van der Waals surface area (Å²) in [7, 11) is 0. The highest BCUT2D eigenvalue weighted by Gasteiger charge is 2.59. The molecule has 0 saturated carbocycles. The Morgan fingerprint density at radius 2 is 1.98 bits per heavy atom. The van der Waals surface area contributed by atoms with Crippen molar-refractivity contribution >= 4 is 24.1 Å². The van der Waals surface area contributed by atoms with Crippen LogP contribution in [0.15, 0.2) is 47.5 Å². The summed E-state index contributed by atoms with van der Waals surface area (Å²) in [4.78, 5) is 32.6. The molecule has 0 amide bonds. The Kier molecular flexibility index (Phi) is 11.4. The molecule has 1 aromatic carbocycles. The molecule has 1 fully saturated rings. The molecule has 1 aromatic heterocycles. The number of aromatic amines is 1. The van der Waals surface area contributed by atoms with Crippen LogP contribution < -0.4 is 11.1 Å². The van der Waals surface area contributed by atoms with Crippen molar-refractivity contribution in [3.63, 3.8) is 0 Å². The molecule has 44 heavy (non-hydrogen) atoms. The first-order chi connectivity index (χ1) is 20.8. The zero-order chi connectivity index (χ0) is 32.7.